The molecule has 0 aliphatic heterocycles. The molecule has 0 bridgehead atoms. The first-order chi connectivity index (χ1) is 12.7. The minimum absolute atomic E-state index is 0.0847. The Bertz CT molecular complexity index is 953. The molecular weight excluding hydrogens is 374 g/mol. The number of esters is 1. The van der Waals surface area contributed by atoms with Crippen molar-refractivity contribution in [2.75, 3.05) is 6.54 Å². The first kappa shape index (κ1) is 20.1. The molecule has 0 saturated heterocycles. The average Bonchev–Trinajstić information content (AvgIpc) is 2.61. The molecule has 0 unspecified atom stereocenters. The SMILES string of the molecule is N=C(N)c1ccc(C(=O)Oc2ccc(S(=O)(=O)NCCC(=O)O)cc2)cc1. The number of carbonyl (C=O) groups excluding carboxylic acids is 1. The molecule has 2 rings (SSSR count). The number of rotatable bonds is 8. The van der Waals surface area contributed by atoms with Gasteiger partial charge in [0.15, 0.2) is 0 Å². The molecule has 0 fully saturated rings. The van der Waals surface area contributed by atoms with Crippen LogP contribution in [-0.2, 0) is 14.8 Å². The Morgan fingerprint density at radius 1 is 1.04 bits per heavy atom. The van der Waals surface area contributed by atoms with E-state index < -0.39 is 22.0 Å². The monoisotopic (exact) mass is 391 g/mol. The number of hydrogen-bond acceptors (Lipinski definition) is 6. The highest BCUT2D eigenvalue weighted by Gasteiger charge is 2.15. The number of sulfonamides is 1. The molecule has 0 spiro atoms. The lowest BCUT2D eigenvalue weighted by Gasteiger charge is -2.08. The molecule has 0 aliphatic carbocycles. The summed E-state index contributed by atoms with van der Waals surface area (Å²) in [5.41, 5.74) is 6.05. The van der Waals surface area contributed by atoms with Gasteiger partial charge in [-0.25, -0.2) is 17.9 Å². The van der Waals surface area contributed by atoms with Gasteiger partial charge in [-0.15, -0.1) is 0 Å². The largest absolute Gasteiger partial charge is 0.481 e. The van der Waals surface area contributed by atoms with Gasteiger partial charge in [0.2, 0.25) is 10.0 Å². The number of aliphatic carboxylic acids is 1. The van der Waals surface area contributed by atoms with Crippen molar-refractivity contribution in [2.24, 2.45) is 5.73 Å². The van der Waals surface area contributed by atoms with Crippen LogP contribution < -0.4 is 15.2 Å². The summed E-state index contributed by atoms with van der Waals surface area (Å²) in [5, 5.41) is 15.8. The van der Waals surface area contributed by atoms with Crippen molar-refractivity contribution in [2.45, 2.75) is 11.3 Å². The molecule has 5 N–H and O–H groups in total. The fourth-order valence-electron chi connectivity index (χ4n) is 2.01. The van der Waals surface area contributed by atoms with Crippen LogP contribution >= 0.6 is 0 Å². The fourth-order valence-corrected chi connectivity index (χ4v) is 3.05. The van der Waals surface area contributed by atoms with E-state index in [0.717, 1.165) is 0 Å². The number of nitrogens with two attached hydrogens (primary N) is 1. The zero-order chi connectivity index (χ0) is 20.0. The maximum Gasteiger partial charge on any atom is 0.343 e. The Morgan fingerprint density at radius 3 is 2.11 bits per heavy atom. The molecule has 0 saturated carbocycles. The van der Waals surface area contributed by atoms with Crippen molar-refractivity contribution in [3.05, 3.63) is 59.7 Å². The van der Waals surface area contributed by atoms with Gasteiger partial charge >= 0.3 is 11.9 Å². The molecule has 0 aromatic heterocycles. The number of ether oxygens (including phenoxy) is 1. The molecule has 142 valence electrons. The maximum atomic E-state index is 12.1. The molecule has 10 heteroatoms. The van der Waals surface area contributed by atoms with Crippen LogP contribution in [0.3, 0.4) is 0 Å². The van der Waals surface area contributed by atoms with Crippen LogP contribution in [0, 0.1) is 5.41 Å². The summed E-state index contributed by atoms with van der Waals surface area (Å²) in [6, 6.07) is 11.1. The Hall–Kier alpha value is -3.24. The van der Waals surface area contributed by atoms with Crippen molar-refractivity contribution in [3.63, 3.8) is 0 Å². The Balaban J connectivity index is 2.03. The standard InChI is InChI=1S/C17H17N3O6S/c18-16(19)11-1-3-12(4-2-11)17(23)26-13-5-7-14(8-6-13)27(24,25)20-10-9-15(21)22/h1-8,20H,9-10H2,(H3,18,19)(H,21,22). The maximum absolute atomic E-state index is 12.1. The molecular formula is C17H17N3O6S. The van der Waals surface area contributed by atoms with Gasteiger partial charge in [0.25, 0.3) is 0 Å². The molecule has 0 aliphatic rings. The van der Waals surface area contributed by atoms with E-state index in [-0.39, 0.29) is 35.0 Å². The third-order valence-electron chi connectivity index (χ3n) is 3.41. The van der Waals surface area contributed by atoms with E-state index in [9.17, 15) is 18.0 Å². The molecule has 2 aromatic rings. The minimum atomic E-state index is -3.85. The number of carboxylic acids is 1. The molecule has 27 heavy (non-hydrogen) atoms. The minimum Gasteiger partial charge on any atom is -0.481 e. The normalized spacial score (nSPS) is 11.0. The summed E-state index contributed by atoms with van der Waals surface area (Å²) in [7, 11) is -3.85. The van der Waals surface area contributed by atoms with E-state index >= 15 is 0 Å². The summed E-state index contributed by atoms with van der Waals surface area (Å²) in [6.07, 6.45) is -0.336. The van der Waals surface area contributed by atoms with Crippen molar-refractivity contribution in [3.8, 4) is 5.75 Å². The van der Waals surface area contributed by atoms with Gasteiger partial charge < -0.3 is 15.6 Å². The van der Waals surface area contributed by atoms with Gasteiger partial charge in [0, 0.05) is 12.1 Å². The lowest BCUT2D eigenvalue weighted by Crippen LogP contribution is -2.26. The third-order valence-corrected chi connectivity index (χ3v) is 4.88. The fraction of sp³-hybridized carbons (Fsp3) is 0.118. The van der Waals surface area contributed by atoms with Crippen LogP contribution in [0.4, 0.5) is 0 Å². The van der Waals surface area contributed by atoms with E-state index in [0.29, 0.717) is 5.56 Å². The average molecular weight is 391 g/mol. The predicted molar refractivity (Wildman–Crippen MR) is 96.3 cm³/mol. The molecule has 9 nitrogen and oxygen atoms in total. The Morgan fingerprint density at radius 2 is 1.59 bits per heavy atom. The number of amidine groups is 1. The zero-order valence-electron chi connectivity index (χ0n) is 14.0. The number of nitrogen functional groups attached to an aromatic ring is 1. The lowest BCUT2D eigenvalue weighted by molar-refractivity contribution is -0.136. The molecule has 0 heterocycles. The Labute approximate surface area is 155 Å². The highest BCUT2D eigenvalue weighted by molar-refractivity contribution is 7.89. The quantitative estimate of drug-likeness (QED) is 0.225. The predicted octanol–water partition coefficient (Wildman–Crippen LogP) is 0.943. The van der Waals surface area contributed by atoms with Crippen molar-refractivity contribution in [1.82, 2.24) is 4.72 Å². The van der Waals surface area contributed by atoms with E-state index in [2.05, 4.69) is 4.72 Å². The number of hydrogen-bond donors (Lipinski definition) is 4. The zero-order valence-corrected chi connectivity index (χ0v) is 14.8. The van der Waals surface area contributed by atoms with Crippen molar-refractivity contribution >= 4 is 27.8 Å². The summed E-state index contributed by atoms with van der Waals surface area (Å²) >= 11 is 0. The van der Waals surface area contributed by atoms with E-state index in [4.69, 9.17) is 21.0 Å². The van der Waals surface area contributed by atoms with Gasteiger partial charge in [-0.05, 0) is 36.4 Å². The first-order valence-electron chi connectivity index (χ1n) is 7.67. The number of carbonyl (C=O) groups is 2. The van der Waals surface area contributed by atoms with Crippen molar-refractivity contribution in [1.29, 1.82) is 5.41 Å². The molecule has 0 amide bonds. The van der Waals surface area contributed by atoms with Crippen LogP contribution in [0.2, 0.25) is 0 Å². The molecule has 0 atom stereocenters. The highest BCUT2D eigenvalue weighted by Crippen LogP contribution is 2.17. The summed E-state index contributed by atoms with van der Waals surface area (Å²) in [6.45, 7) is -0.231. The first-order valence-corrected chi connectivity index (χ1v) is 9.15. The van der Waals surface area contributed by atoms with Crippen molar-refractivity contribution < 1.29 is 27.9 Å². The summed E-state index contributed by atoms with van der Waals surface area (Å²) in [5.74, 6) is -1.75. The smallest absolute Gasteiger partial charge is 0.343 e. The second kappa shape index (κ2) is 8.43. The summed E-state index contributed by atoms with van der Waals surface area (Å²) < 4.78 is 31.4. The summed E-state index contributed by atoms with van der Waals surface area (Å²) in [4.78, 5) is 22.4. The number of carboxylic acid groups (broad SMARTS) is 1. The van der Waals surface area contributed by atoms with Crippen LogP contribution in [0.25, 0.3) is 0 Å². The van der Waals surface area contributed by atoms with Gasteiger partial charge in [-0.1, -0.05) is 12.1 Å². The van der Waals surface area contributed by atoms with E-state index in [1.54, 1.807) is 0 Å². The van der Waals surface area contributed by atoms with E-state index in [1.807, 2.05) is 0 Å². The second-order valence-electron chi connectivity index (χ2n) is 5.39. The van der Waals surface area contributed by atoms with Gasteiger partial charge in [-0.3, -0.25) is 10.2 Å². The molecule has 0 radical (unpaired) electrons. The van der Waals surface area contributed by atoms with Crippen LogP contribution in [0.1, 0.15) is 22.3 Å². The highest BCUT2D eigenvalue weighted by atomic mass is 32.2. The van der Waals surface area contributed by atoms with Gasteiger partial charge in [0.05, 0.1) is 16.9 Å². The van der Waals surface area contributed by atoms with E-state index in [1.165, 1.54) is 48.5 Å². The topological polar surface area (TPSA) is 160 Å². The third kappa shape index (κ3) is 5.62. The van der Waals surface area contributed by atoms with Gasteiger partial charge in [-0.2, -0.15) is 0 Å². The van der Waals surface area contributed by atoms with Crippen LogP contribution in [-0.4, -0.2) is 37.8 Å². The number of nitrogens with one attached hydrogen (secondary N) is 2. The van der Waals surface area contributed by atoms with Crippen LogP contribution in [0.15, 0.2) is 53.4 Å². The number of benzene rings is 2. The molecule has 2 aromatic carbocycles. The van der Waals surface area contributed by atoms with Gasteiger partial charge in [0.1, 0.15) is 11.6 Å². The Kier molecular flexibility index (Phi) is 6.27. The van der Waals surface area contributed by atoms with Crippen LogP contribution in [0.5, 0.6) is 5.75 Å². The lowest BCUT2D eigenvalue weighted by atomic mass is 10.1. The second-order valence-corrected chi connectivity index (χ2v) is 7.16.